The molecule has 0 radical (unpaired) electrons. The Morgan fingerprint density at radius 3 is 2.26 bits per heavy atom. The molecule has 1 aromatic heterocycles. The van der Waals surface area contributed by atoms with E-state index in [0.29, 0.717) is 17.1 Å². The number of carbonyl (C=O) groups excluding carboxylic acids is 1. The monoisotopic (exact) mass is 459 g/mol. The van der Waals surface area contributed by atoms with E-state index in [2.05, 4.69) is 21.8 Å². The first-order valence-electron chi connectivity index (χ1n) is 11.3. The van der Waals surface area contributed by atoms with Gasteiger partial charge in [-0.05, 0) is 61.5 Å². The van der Waals surface area contributed by atoms with Gasteiger partial charge in [0.1, 0.15) is 5.82 Å². The molecular formula is C29H25N5O. The summed E-state index contributed by atoms with van der Waals surface area (Å²) in [5.41, 5.74) is 13.0. The number of nitrogens with one attached hydrogen (secondary N) is 2. The summed E-state index contributed by atoms with van der Waals surface area (Å²) < 4.78 is 1.68. The Morgan fingerprint density at radius 1 is 0.800 bits per heavy atom. The standard InChI is InChI=1S/C29H25N5O/c1-20-8-7-9-22(18-20)27-19-28(30)34(33-27)24-16-14-21(15-17-24)29(35)32-26-13-6-5-12-25(26)31-23-10-3-2-4-11-23/h2-19,31H,30H2,1H3,(H,32,35). The third kappa shape index (κ3) is 4.91. The Bertz CT molecular complexity index is 1470. The molecule has 0 aliphatic carbocycles. The van der Waals surface area contributed by atoms with Crippen LogP contribution in [0.3, 0.4) is 0 Å². The highest BCUT2D eigenvalue weighted by atomic mass is 16.1. The first-order chi connectivity index (χ1) is 17.1. The van der Waals surface area contributed by atoms with Gasteiger partial charge in [-0.15, -0.1) is 0 Å². The molecule has 0 fully saturated rings. The van der Waals surface area contributed by atoms with Gasteiger partial charge in [-0.3, -0.25) is 4.79 Å². The predicted molar refractivity (Wildman–Crippen MR) is 142 cm³/mol. The average molecular weight is 460 g/mol. The van der Waals surface area contributed by atoms with Crippen LogP contribution in [-0.2, 0) is 0 Å². The zero-order valence-electron chi connectivity index (χ0n) is 19.3. The summed E-state index contributed by atoms with van der Waals surface area (Å²) in [5.74, 6) is 0.326. The minimum atomic E-state index is -0.201. The molecule has 0 saturated heterocycles. The number of hydrogen-bond acceptors (Lipinski definition) is 4. The van der Waals surface area contributed by atoms with Crippen LogP contribution in [0.5, 0.6) is 0 Å². The summed E-state index contributed by atoms with van der Waals surface area (Å²) in [6.45, 7) is 2.05. The van der Waals surface area contributed by atoms with E-state index in [9.17, 15) is 4.79 Å². The van der Waals surface area contributed by atoms with Crippen molar-refractivity contribution in [2.24, 2.45) is 0 Å². The molecule has 35 heavy (non-hydrogen) atoms. The highest BCUT2D eigenvalue weighted by Crippen LogP contribution is 2.27. The number of nitrogens with two attached hydrogens (primary N) is 1. The number of nitrogen functional groups attached to an aromatic ring is 1. The zero-order valence-corrected chi connectivity index (χ0v) is 19.3. The van der Waals surface area contributed by atoms with Crippen LogP contribution < -0.4 is 16.4 Å². The summed E-state index contributed by atoms with van der Waals surface area (Å²) in [4.78, 5) is 13.0. The van der Waals surface area contributed by atoms with E-state index in [4.69, 9.17) is 5.73 Å². The maximum absolute atomic E-state index is 13.0. The number of hydrogen-bond donors (Lipinski definition) is 3. The van der Waals surface area contributed by atoms with Gasteiger partial charge in [0.05, 0.1) is 22.8 Å². The fourth-order valence-corrected chi connectivity index (χ4v) is 3.87. The third-order valence-electron chi connectivity index (χ3n) is 5.65. The van der Waals surface area contributed by atoms with Crippen LogP contribution in [0.4, 0.5) is 22.9 Å². The first kappa shape index (κ1) is 22.0. The SMILES string of the molecule is Cc1cccc(-c2cc(N)n(-c3ccc(C(=O)Nc4ccccc4Nc4ccccc4)cc3)n2)c1. The summed E-state index contributed by atoms with van der Waals surface area (Å²) in [6, 6.07) is 34.6. The molecule has 0 atom stereocenters. The third-order valence-corrected chi connectivity index (χ3v) is 5.65. The molecule has 4 aromatic carbocycles. The van der Waals surface area contributed by atoms with Crippen LogP contribution in [0.15, 0.2) is 109 Å². The predicted octanol–water partition coefficient (Wildman–Crippen LogP) is 6.43. The van der Waals surface area contributed by atoms with Gasteiger partial charge in [0.15, 0.2) is 0 Å². The molecule has 0 unspecified atom stereocenters. The van der Waals surface area contributed by atoms with Gasteiger partial charge < -0.3 is 16.4 Å². The lowest BCUT2D eigenvalue weighted by Gasteiger charge is -2.13. The summed E-state index contributed by atoms with van der Waals surface area (Å²) in [5, 5.41) is 11.0. The molecule has 6 nitrogen and oxygen atoms in total. The highest BCUT2D eigenvalue weighted by molar-refractivity contribution is 6.06. The number of para-hydroxylation sites is 3. The summed E-state index contributed by atoms with van der Waals surface area (Å²) in [7, 11) is 0. The fourth-order valence-electron chi connectivity index (χ4n) is 3.87. The van der Waals surface area contributed by atoms with E-state index < -0.39 is 0 Å². The minimum absolute atomic E-state index is 0.201. The molecular weight excluding hydrogens is 434 g/mol. The number of rotatable bonds is 6. The Labute approximate surface area is 204 Å². The van der Waals surface area contributed by atoms with Crippen molar-refractivity contribution in [3.63, 3.8) is 0 Å². The number of anilines is 4. The van der Waals surface area contributed by atoms with Crippen molar-refractivity contribution in [3.8, 4) is 16.9 Å². The van der Waals surface area contributed by atoms with Crippen LogP contribution in [0.25, 0.3) is 16.9 Å². The topological polar surface area (TPSA) is 85.0 Å². The number of nitrogens with zero attached hydrogens (tertiary/aromatic N) is 2. The van der Waals surface area contributed by atoms with Crippen LogP contribution in [0.1, 0.15) is 15.9 Å². The van der Waals surface area contributed by atoms with E-state index in [1.54, 1.807) is 16.8 Å². The Kier molecular flexibility index (Phi) is 6.01. The molecule has 1 heterocycles. The molecule has 0 spiro atoms. The zero-order chi connectivity index (χ0) is 24.2. The molecule has 5 aromatic rings. The van der Waals surface area contributed by atoms with Gasteiger partial charge in [-0.25, -0.2) is 4.68 Å². The first-order valence-corrected chi connectivity index (χ1v) is 11.3. The summed E-state index contributed by atoms with van der Waals surface area (Å²) >= 11 is 0. The number of benzene rings is 4. The van der Waals surface area contributed by atoms with Crippen molar-refractivity contribution in [2.75, 3.05) is 16.4 Å². The van der Waals surface area contributed by atoms with Crippen molar-refractivity contribution < 1.29 is 4.79 Å². The van der Waals surface area contributed by atoms with E-state index in [1.807, 2.05) is 97.9 Å². The van der Waals surface area contributed by atoms with E-state index in [0.717, 1.165) is 33.9 Å². The Morgan fingerprint density at radius 2 is 1.51 bits per heavy atom. The Balaban J connectivity index is 1.34. The largest absolute Gasteiger partial charge is 0.384 e. The second kappa shape index (κ2) is 9.57. The van der Waals surface area contributed by atoms with E-state index in [1.165, 1.54) is 0 Å². The van der Waals surface area contributed by atoms with Crippen molar-refractivity contribution in [1.82, 2.24) is 9.78 Å². The average Bonchev–Trinajstić information content (AvgIpc) is 3.27. The van der Waals surface area contributed by atoms with Crippen molar-refractivity contribution >= 4 is 28.8 Å². The number of aromatic nitrogens is 2. The second-order valence-electron chi connectivity index (χ2n) is 8.27. The second-order valence-corrected chi connectivity index (χ2v) is 8.27. The quantitative estimate of drug-likeness (QED) is 0.273. The molecule has 5 rings (SSSR count). The molecule has 1 amide bonds. The molecule has 0 aliphatic heterocycles. The van der Waals surface area contributed by atoms with Gasteiger partial charge in [0.25, 0.3) is 5.91 Å². The van der Waals surface area contributed by atoms with Crippen LogP contribution in [-0.4, -0.2) is 15.7 Å². The van der Waals surface area contributed by atoms with Gasteiger partial charge in [0.2, 0.25) is 0 Å². The van der Waals surface area contributed by atoms with Crippen LogP contribution in [0, 0.1) is 6.92 Å². The highest BCUT2D eigenvalue weighted by Gasteiger charge is 2.12. The van der Waals surface area contributed by atoms with Gasteiger partial charge in [-0.1, -0.05) is 54.1 Å². The van der Waals surface area contributed by atoms with Gasteiger partial charge in [0, 0.05) is 22.9 Å². The lowest BCUT2D eigenvalue weighted by atomic mass is 10.1. The van der Waals surface area contributed by atoms with E-state index >= 15 is 0 Å². The number of carbonyl (C=O) groups is 1. The maximum Gasteiger partial charge on any atom is 0.255 e. The molecule has 0 saturated carbocycles. The van der Waals surface area contributed by atoms with E-state index in [-0.39, 0.29) is 5.91 Å². The smallest absolute Gasteiger partial charge is 0.255 e. The van der Waals surface area contributed by atoms with Crippen molar-refractivity contribution in [3.05, 3.63) is 120 Å². The molecule has 6 heteroatoms. The number of amides is 1. The fraction of sp³-hybridized carbons (Fsp3) is 0.0345. The van der Waals surface area contributed by atoms with Crippen molar-refractivity contribution in [1.29, 1.82) is 0 Å². The lowest BCUT2D eigenvalue weighted by Crippen LogP contribution is -2.13. The van der Waals surface area contributed by atoms with Crippen molar-refractivity contribution in [2.45, 2.75) is 6.92 Å². The van der Waals surface area contributed by atoms with Gasteiger partial charge >= 0.3 is 0 Å². The van der Waals surface area contributed by atoms with Gasteiger partial charge in [-0.2, -0.15) is 5.10 Å². The molecule has 0 aliphatic rings. The molecule has 172 valence electrons. The normalized spacial score (nSPS) is 10.7. The van der Waals surface area contributed by atoms with Crippen LogP contribution in [0.2, 0.25) is 0 Å². The van der Waals surface area contributed by atoms with Crippen LogP contribution >= 0.6 is 0 Å². The molecule has 4 N–H and O–H groups in total. The lowest BCUT2D eigenvalue weighted by molar-refractivity contribution is 0.102. The summed E-state index contributed by atoms with van der Waals surface area (Å²) in [6.07, 6.45) is 0. The number of aryl methyl sites for hydroxylation is 1. The maximum atomic E-state index is 13.0. The minimum Gasteiger partial charge on any atom is -0.384 e. The molecule has 0 bridgehead atoms. The Hall–Kier alpha value is -4.84.